The smallest absolute Gasteiger partial charge is 0.191 e. The summed E-state index contributed by atoms with van der Waals surface area (Å²) in [4.78, 5) is 11.1. The first-order valence-electron chi connectivity index (χ1n) is 6.75. The third-order valence-electron chi connectivity index (χ3n) is 3.48. The van der Waals surface area contributed by atoms with Crippen molar-refractivity contribution in [2.45, 2.75) is 20.4 Å². The van der Waals surface area contributed by atoms with E-state index in [9.17, 15) is 0 Å². The number of thioether (sulfide) groups is 1. The van der Waals surface area contributed by atoms with E-state index >= 15 is 0 Å². The van der Waals surface area contributed by atoms with Crippen LogP contribution in [0.3, 0.4) is 0 Å². The van der Waals surface area contributed by atoms with Crippen LogP contribution in [0, 0.1) is 13.8 Å². The lowest BCUT2D eigenvalue weighted by molar-refractivity contribution is 0.407. The molecule has 1 aromatic rings. The summed E-state index contributed by atoms with van der Waals surface area (Å²) in [6, 6.07) is 0. The molecule has 1 aliphatic heterocycles. The number of aryl methyl sites for hydroxylation is 1. The van der Waals surface area contributed by atoms with Crippen molar-refractivity contribution in [2.75, 3.05) is 31.7 Å². The molecule has 0 aromatic carbocycles. The maximum absolute atomic E-state index is 6.05. The topological polar surface area (TPSA) is 63.7 Å². The lowest BCUT2D eigenvalue weighted by Crippen LogP contribution is -2.42. The van der Waals surface area contributed by atoms with Crippen molar-refractivity contribution in [1.29, 1.82) is 0 Å². The van der Waals surface area contributed by atoms with Crippen LogP contribution >= 0.6 is 35.7 Å². The van der Waals surface area contributed by atoms with Gasteiger partial charge in [0.1, 0.15) is 5.75 Å². The lowest BCUT2D eigenvalue weighted by atomic mass is 10.1. The normalized spacial score (nSPS) is 15.6. The van der Waals surface area contributed by atoms with Gasteiger partial charge in [-0.15, -0.1) is 24.0 Å². The molecule has 21 heavy (non-hydrogen) atoms. The van der Waals surface area contributed by atoms with Crippen molar-refractivity contribution >= 4 is 41.7 Å². The largest absolute Gasteiger partial charge is 0.496 e. The average Bonchev–Trinajstić information content (AvgIpc) is 2.47. The molecule has 1 aromatic heterocycles. The number of aromatic nitrogens is 1. The number of pyridine rings is 1. The van der Waals surface area contributed by atoms with Crippen LogP contribution < -0.4 is 10.5 Å². The molecule has 0 aliphatic carbocycles. The highest BCUT2D eigenvalue weighted by molar-refractivity contribution is 14.0. The third kappa shape index (κ3) is 4.64. The van der Waals surface area contributed by atoms with Gasteiger partial charge in [-0.1, -0.05) is 0 Å². The molecule has 0 unspecified atom stereocenters. The van der Waals surface area contributed by atoms with Gasteiger partial charge in [0.2, 0.25) is 0 Å². The molecule has 0 atom stereocenters. The minimum Gasteiger partial charge on any atom is -0.496 e. The van der Waals surface area contributed by atoms with Gasteiger partial charge in [0.25, 0.3) is 0 Å². The van der Waals surface area contributed by atoms with E-state index in [1.807, 2.05) is 31.8 Å². The Morgan fingerprint density at radius 3 is 2.71 bits per heavy atom. The lowest BCUT2D eigenvalue weighted by Gasteiger charge is -2.27. The summed E-state index contributed by atoms with van der Waals surface area (Å²) in [6.07, 6.45) is 1.82. The van der Waals surface area contributed by atoms with E-state index in [1.54, 1.807) is 7.11 Å². The molecule has 1 saturated heterocycles. The number of nitrogens with zero attached hydrogens (tertiary/aromatic N) is 3. The highest BCUT2D eigenvalue weighted by atomic mass is 127. The minimum absolute atomic E-state index is 0. The van der Waals surface area contributed by atoms with Crippen molar-refractivity contribution in [1.82, 2.24) is 9.88 Å². The van der Waals surface area contributed by atoms with Crippen LogP contribution in [0.25, 0.3) is 0 Å². The van der Waals surface area contributed by atoms with Crippen molar-refractivity contribution in [3.8, 4) is 5.75 Å². The summed E-state index contributed by atoms with van der Waals surface area (Å²) in [6.45, 7) is 6.45. The van der Waals surface area contributed by atoms with Gasteiger partial charge in [0.15, 0.2) is 5.96 Å². The number of hydrogen-bond acceptors (Lipinski definition) is 4. The first kappa shape index (κ1) is 18.3. The first-order valence-corrected chi connectivity index (χ1v) is 7.90. The Morgan fingerprint density at radius 2 is 2.10 bits per heavy atom. The summed E-state index contributed by atoms with van der Waals surface area (Å²) in [5.41, 5.74) is 9.05. The molecule has 1 aliphatic rings. The standard InChI is InChI=1S/C14H22N4OS.HI/c1-10-8-16-12(11(2)13(10)19-3)9-17-14(15)18-4-6-20-7-5-18;/h8H,4-7,9H2,1-3H3,(H2,15,17);1H. The van der Waals surface area contributed by atoms with E-state index in [4.69, 9.17) is 10.5 Å². The number of hydrogen-bond donors (Lipinski definition) is 1. The minimum atomic E-state index is 0. The summed E-state index contributed by atoms with van der Waals surface area (Å²) in [5, 5.41) is 0. The van der Waals surface area contributed by atoms with Crippen LogP contribution in [0.15, 0.2) is 11.2 Å². The number of guanidine groups is 1. The number of methoxy groups -OCH3 is 1. The predicted octanol–water partition coefficient (Wildman–Crippen LogP) is 2.19. The van der Waals surface area contributed by atoms with Gasteiger partial charge in [0, 0.05) is 41.9 Å². The van der Waals surface area contributed by atoms with E-state index in [2.05, 4.69) is 14.9 Å². The van der Waals surface area contributed by atoms with Crippen LogP contribution in [0.5, 0.6) is 5.75 Å². The van der Waals surface area contributed by atoms with Crippen molar-refractivity contribution in [3.63, 3.8) is 0 Å². The second-order valence-electron chi connectivity index (χ2n) is 4.82. The molecule has 0 radical (unpaired) electrons. The van der Waals surface area contributed by atoms with E-state index in [-0.39, 0.29) is 24.0 Å². The van der Waals surface area contributed by atoms with Gasteiger partial charge in [0.05, 0.1) is 19.3 Å². The molecular formula is C14H23IN4OS. The van der Waals surface area contributed by atoms with Crippen LogP contribution in [0.1, 0.15) is 16.8 Å². The fourth-order valence-electron chi connectivity index (χ4n) is 2.28. The number of aliphatic imine (C=N–C) groups is 1. The van der Waals surface area contributed by atoms with Gasteiger partial charge >= 0.3 is 0 Å². The molecule has 7 heteroatoms. The van der Waals surface area contributed by atoms with Crippen LogP contribution in [-0.4, -0.2) is 47.5 Å². The summed E-state index contributed by atoms with van der Waals surface area (Å²) in [5.74, 6) is 3.74. The Bertz CT molecular complexity index is 504. The zero-order valence-electron chi connectivity index (χ0n) is 12.8. The molecule has 0 amide bonds. The maximum atomic E-state index is 6.05. The van der Waals surface area contributed by atoms with Gasteiger partial charge in [-0.2, -0.15) is 11.8 Å². The van der Waals surface area contributed by atoms with Gasteiger partial charge in [-0.05, 0) is 13.8 Å². The predicted molar refractivity (Wildman–Crippen MR) is 99.9 cm³/mol. The Kier molecular flexibility index (Phi) is 7.58. The van der Waals surface area contributed by atoms with Gasteiger partial charge in [-0.25, -0.2) is 4.99 Å². The number of rotatable bonds is 3. The number of nitrogens with two attached hydrogens (primary N) is 1. The highest BCUT2D eigenvalue weighted by Crippen LogP contribution is 2.24. The summed E-state index contributed by atoms with van der Waals surface area (Å²) < 4.78 is 5.41. The summed E-state index contributed by atoms with van der Waals surface area (Å²) in [7, 11) is 1.68. The first-order chi connectivity index (χ1) is 9.63. The zero-order valence-corrected chi connectivity index (χ0v) is 15.9. The van der Waals surface area contributed by atoms with E-state index in [0.717, 1.165) is 47.2 Å². The van der Waals surface area contributed by atoms with Crippen LogP contribution in [0.4, 0.5) is 0 Å². The molecule has 5 nitrogen and oxygen atoms in total. The highest BCUT2D eigenvalue weighted by Gasteiger charge is 2.13. The van der Waals surface area contributed by atoms with E-state index in [1.165, 1.54) is 0 Å². The molecule has 2 rings (SSSR count). The molecule has 2 heterocycles. The quantitative estimate of drug-likeness (QED) is 0.460. The molecule has 2 N–H and O–H groups in total. The summed E-state index contributed by atoms with van der Waals surface area (Å²) >= 11 is 1.96. The molecule has 0 spiro atoms. The fraction of sp³-hybridized carbons (Fsp3) is 0.571. The van der Waals surface area contributed by atoms with Crippen molar-refractivity contribution in [3.05, 3.63) is 23.0 Å². The van der Waals surface area contributed by atoms with Crippen molar-refractivity contribution < 1.29 is 4.74 Å². The molecule has 118 valence electrons. The third-order valence-corrected chi connectivity index (χ3v) is 4.42. The van der Waals surface area contributed by atoms with E-state index < -0.39 is 0 Å². The average molecular weight is 422 g/mol. The number of halogens is 1. The maximum Gasteiger partial charge on any atom is 0.191 e. The monoisotopic (exact) mass is 422 g/mol. The molecule has 0 saturated carbocycles. The fourth-order valence-corrected chi connectivity index (χ4v) is 3.18. The molecular weight excluding hydrogens is 399 g/mol. The second kappa shape index (κ2) is 8.67. The second-order valence-corrected chi connectivity index (χ2v) is 6.04. The van der Waals surface area contributed by atoms with Crippen molar-refractivity contribution in [2.24, 2.45) is 10.7 Å². The molecule has 0 bridgehead atoms. The number of ether oxygens (including phenoxy) is 1. The van der Waals surface area contributed by atoms with Gasteiger partial charge in [-0.3, -0.25) is 4.98 Å². The SMILES string of the molecule is COc1c(C)cnc(CN=C(N)N2CCSCC2)c1C.I. The Hall–Kier alpha value is -0.700. The zero-order chi connectivity index (χ0) is 14.5. The Balaban J connectivity index is 0.00000220. The van der Waals surface area contributed by atoms with Crippen LogP contribution in [-0.2, 0) is 6.54 Å². The van der Waals surface area contributed by atoms with Crippen LogP contribution in [0.2, 0.25) is 0 Å². The molecule has 1 fully saturated rings. The Labute approximate surface area is 147 Å². The van der Waals surface area contributed by atoms with E-state index in [0.29, 0.717) is 12.5 Å². The Morgan fingerprint density at radius 1 is 1.43 bits per heavy atom. The van der Waals surface area contributed by atoms with Gasteiger partial charge < -0.3 is 15.4 Å².